The predicted molar refractivity (Wildman–Crippen MR) is 74.0 cm³/mol. The first-order chi connectivity index (χ1) is 9.13. The van der Waals surface area contributed by atoms with Crippen LogP contribution in [0.4, 0.5) is 0 Å². The molecule has 1 N–H and O–H groups in total. The van der Waals surface area contributed by atoms with E-state index in [1.807, 2.05) is 0 Å². The van der Waals surface area contributed by atoms with Crippen molar-refractivity contribution >= 4 is 5.97 Å². The molecular formula is C15H26N2O2. The third kappa shape index (κ3) is 2.79. The number of piperazine rings is 1. The molecule has 3 fully saturated rings. The fourth-order valence-electron chi connectivity index (χ4n) is 4.42. The van der Waals surface area contributed by atoms with Crippen molar-refractivity contribution in [3.8, 4) is 0 Å². The van der Waals surface area contributed by atoms with Gasteiger partial charge in [-0.15, -0.1) is 0 Å². The second-order valence-corrected chi connectivity index (χ2v) is 6.79. The minimum Gasteiger partial charge on any atom is -0.480 e. The van der Waals surface area contributed by atoms with E-state index in [2.05, 4.69) is 9.80 Å². The Bertz CT molecular complexity index is 339. The van der Waals surface area contributed by atoms with Crippen LogP contribution in [-0.2, 0) is 4.79 Å². The number of aliphatic carboxylic acids is 1. The molecule has 0 aromatic rings. The lowest BCUT2D eigenvalue weighted by Crippen LogP contribution is -2.52. The molecule has 108 valence electrons. The van der Waals surface area contributed by atoms with Crippen molar-refractivity contribution in [2.75, 3.05) is 32.7 Å². The summed E-state index contributed by atoms with van der Waals surface area (Å²) in [5.74, 6) is 2.27. The minimum absolute atomic E-state index is 0.329. The van der Waals surface area contributed by atoms with E-state index < -0.39 is 5.97 Å². The fourth-order valence-corrected chi connectivity index (χ4v) is 4.42. The van der Waals surface area contributed by atoms with Gasteiger partial charge in [0.05, 0.1) is 0 Å². The number of hydrogen-bond acceptors (Lipinski definition) is 3. The van der Waals surface area contributed by atoms with Crippen molar-refractivity contribution in [2.24, 2.45) is 17.8 Å². The Labute approximate surface area is 115 Å². The minimum atomic E-state index is -0.693. The highest BCUT2D eigenvalue weighted by molar-refractivity contribution is 5.72. The molecule has 2 bridgehead atoms. The van der Waals surface area contributed by atoms with Crippen molar-refractivity contribution < 1.29 is 9.90 Å². The fraction of sp³-hybridized carbons (Fsp3) is 0.933. The second kappa shape index (κ2) is 5.41. The first-order valence-corrected chi connectivity index (χ1v) is 7.82. The molecule has 0 aromatic heterocycles. The summed E-state index contributed by atoms with van der Waals surface area (Å²) >= 11 is 0. The molecule has 4 heteroatoms. The van der Waals surface area contributed by atoms with E-state index in [-0.39, 0.29) is 6.04 Å². The summed E-state index contributed by atoms with van der Waals surface area (Å²) in [4.78, 5) is 15.7. The molecule has 2 saturated carbocycles. The van der Waals surface area contributed by atoms with Crippen LogP contribution in [0.3, 0.4) is 0 Å². The highest BCUT2D eigenvalue weighted by atomic mass is 16.4. The highest BCUT2D eigenvalue weighted by Crippen LogP contribution is 2.48. The number of rotatable bonds is 4. The van der Waals surface area contributed by atoms with E-state index in [1.54, 1.807) is 6.92 Å². The lowest BCUT2D eigenvalue weighted by Gasteiger charge is -2.38. The third-order valence-corrected chi connectivity index (χ3v) is 5.69. The van der Waals surface area contributed by atoms with E-state index in [0.717, 1.165) is 43.9 Å². The van der Waals surface area contributed by atoms with Gasteiger partial charge in [-0.2, -0.15) is 0 Å². The molecular weight excluding hydrogens is 240 g/mol. The Kier molecular flexibility index (Phi) is 3.81. The Morgan fingerprint density at radius 3 is 2.47 bits per heavy atom. The maximum absolute atomic E-state index is 11.0. The van der Waals surface area contributed by atoms with Crippen LogP contribution in [0.5, 0.6) is 0 Å². The van der Waals surface area contributed by atoms with Crippen LogP contribution in [0.25, 0.3) is 0 Å². The first kappa shape index (κ1) is 13.4. The summed E-state index contributed by atoms with van der Waals surface area (Å²) in [7, 11) is 0. The largest absolute Gasteiger partial charge is 0.480 e. The number of hydrogen-bond donors (Lipinski definition) is 1. The Hall–Kier alpha value is -0.610. The lowest BCUT2D eigenvalue weighted by atomic mass is 9.88. The van der Waals surface area contributed by atoms with Crippen molar-refractivity contribution in [2.45, 2.75) is 38.6 Å². The maximum atomic E-state index is 11.0. The van der Waals surface area contributed by atoms with E-state index in [9.17, 15) is 4.79 Å². The summed E-state index contributed by atoms with van der Waals surface area (Å²) in [5.41, 5.74) is 0. The van der Waals surface area contributed by atoms with Gasteiger partial charge in [0.1, 0.15) is 6.04 Å². The summed E-state index contributed by atoms with van der Waals surface area (Å²) in [6.07, 6.45) is 5.88. The smallest absolute Gasteiger partial charge is 0.320 e. The van der Waals surface area contributed by atoms with Gasteiger partial charge < -0.3 is 10.0 Å². The van der Waals surface area contributed by atoms with Gasteiger partial charge in [-0.05, 0) is 43.9 Å². The molecule has 0 spiro atoms. The predicted octanol–water partition coefficient (Wildman–Crippen LogP) is 1.51. The van der Waals surface area contributed by atoms with Gasteiger partial charge in [0, 0.05) is 32.7 Å². The van der Waals surface area contributed by atoms with Gasteiger partial charge in [-0.1, -0.05) is 6.42 Å². The zero-order chi connectivity index (χ0) is 13.4. The topological polar surface area (TPSA) is 43.8 Å². The van der Waals surface area contributed by atoms with Gasteiger partial charge in [0.25, 0.3) is 0 Å². The van der Waals surface area contributed by atoms with Crippen LogP contribution >= 0.6 is 0 Å². The van der Waals surface area contributed by atoms with Crippen LogP contribution in [-0.4, -0.2) is 59.6 Å². The van der Waals surface area contributed by atoms with Crippen LogP contribution < -0.4 is 0 Å². The van der Waals surface area contributed by atoms with Crippen molar-refractivity contribution in [1.82, 2.24) is 9.80 Å². The standard InChI is InChI=1S/C15H26N2O2/c1-11(15(18)19)17-6-4-16(5-7-17)10-14-9-12-2-3-13(14)8-12/h11-14H,2-10H2,1H3,(H,18,19). The van der Waals surface area contributed by atoms with Crippen LogP contribution in [0.15, 0.2) is 0 Å². The van der Waals surface area contributed by atoms with Crippen molar-refractivity contribution in [3.63, 3.8) is 0 Å². The van der Waals surface area contributed by atoms with Crippen LogP contribution in [0, 0.1) is 17.8 Å². The second-order valence-electron chi connectivity index (χ2n) is 6.79. The summed E-state index contributed by atoms with van der Waals surface area (Å²) < 4.78 is 0. The molecule has 1 heterocycles. The average molecular weight is 266 g/mol. The molecule has 2 aliphatic carbocycles. The number of carboxylic acid groups (broad SMARTS) is 1. The molecule has 4 unspecified atom stereocenters. The van der Waals surface area contributed by atoms with Crippen LogP contribution in [0.2, 0.25) is 0 Å². The quantitative estimate of drug-likeness (QED) is 0.838. The Morgan fingerprint density at radius 1 is 1.21 bits per heavy atom. The molecule has 1 saturated heterocycles. The third-order valence-electron chi connectivity index (χ3n) is 5.69. The van der Waals surface area contributed by atoms with E-state index in [1.165, 1.54) is 32.2 Å². The molecule has 0 radical (unpaired) electrons. The van der Waals surface area contributed by atoms with E-state index in [0.29, 0.717) is 0 Å². The maximum Gasteiger partial charge on any atom is 0.320 e. The lowest BCUT2D eigenvalue weighted by molar-refractivity contribution is -0.143. The van der Waals surface area contributed by atoms with Crippen molar-refractivity contribution in [1.29, 1.82) is 0 Å². The average Bonchev–Trinajstić information content (AvgIpc) is 3.01. The SMILES string of the molecule is CC(C(=O)O)N1CCN(CC2CC3CCC2C3)CC1. The van der Waals surface area contributed by atoms with Gasteiger partial charge >= 0.3 is 5.97 Å². The summed E-state index contributed by atoms with van der Waals surface area (Å²) in [5, 5.41) is 9.05. The zero-order valence-corrected chi connectivity index (χ0v) is 11.9. The summed E-state index contributed by atoms with van der Waals surface area (Å²) in [6, 6.07) is -0.329. The zero-order valence-electron chi connectivity index (χ0n) is 11.9. The molecule has 19 heavy (non-hydrogen) atoms. The summed E-state index contributed by atoms with van der Waals surface area (Å²) in [6.45, 7) is 6.98. The molecule has 3 aliphatic rings. The number of fused-ring (bicyclic) bond motifs is 2. The normalized spacial score (nSPS) is 37.6. The molecule has 3 rings (SSSR count). The van der Waals surface area contributed by atoms with Crippen molar-refractivity contribution in [3.05, 3.63) is 0 Å². The number of carbonyl (C=O) groups is 1. The van der Waals surface area contributed by atoms with Crippen LogP contribution in [0.1, 0.15) is 32.6 Å². The molecule has 4 nitrogen and oxygen atoms in total. The monoisotopic (exact) mass is 266 g/mol. The number of carboxylic acids is 1. The van der Waals surface area contributed by atoms with Gasteiger partial charge in [0.2, 0.25) is 0 Å². The molecule has 0 aromatic carbocycles. The molecule has 4 atom stereocenters. The number of nitrogens with zero attached hydrogens (tertiary/aromatic N) is 2. The van der Waals surface area contributed by atoms with E-state index in [4.69, 9.17) is 5.11 Å². The Balaban J connectivity index is 1.44. The van der Waals surface area contributed by atoms with Gasteiger partial charge in [-0.25, -0.2) is 0 Å². The van der Waals surface area contributed by atoms with Gasteiger partial charge in [-0.3, -0.25) is 9.69 Å². The molecule has 0 amide bonds. The van der Waals surface area contributed by atoms with Gasteiger partial charge in [0.15, 0.2) is 0 Å². The van der Waals surface area contributed by atoms with E-state index >= 15 is 0 Å². The first-order valence-electron chi connectivity index (χ1n) is 7.82. The Morgan fingerprint density at radius 2 is 1.95 bits per heavy atom. The highest BCUT2D eigenvalue weighted by Gasteiger charge is 2.40. The molecule has 1 aliphatic heterocycles.